The third-order valence-electron chi connectivity index (χ3n) is 2.32. The van der Waals surface area contributed by atoms with E-state index in [4.69, 9.17) is 5.11 Å². The van der Waals surface area contributed by atoms with Crippen LogP contribution in [0.1, 0.15) is 40.5 Å². The molecule has 0 rings (SSSR count). The third-order valence-corrected chi connectivity index (χ3v) is 3.59. The van der Waals surface area contributed by atoms with Crippen molar-refractivity contribution in [1.29, 1.82) is 0 Å². The van der Waals surface area contributed by atoms with E-state index in [9.17, 15) is 9.59 Å². The summed E-state index contributed by atoms with van der Waals surface area (Å²) in [6.45, 7) is 7.42. The van der Waals surface area contributed by atoms with Crippen LogP contribution in [0.15, 0.2) is 0 Å². The first kappa shape index (κ1) is 14.5. The summed E-state index contributed by atoms with van der Waals surface area (Å²) in [6, 6.07) is 0. The number of hydrogen-bond acceptors (Lipinski definition) is 3. The van der Waals surface area contributed by atoms with Crippen molar-refractivity contribution < 1.29 is 14.7 Å². The Morgan fingerprint density at radius 2 is 1.93 bits per heavy atom. The maximum absolute atomic E-state index is 11.8. The zero-order chi connectivity index (χ0) is 12.1. The summed E-state index contributed by atoms with van der Waals surface area (Å²) in [5.74, 6) is -0.131. The minimum Gasteiger partial charge on any atom is -0.480 e. The molecule has 0 saturated carbocycles. The average Bonchev–Trinajstić information content (AvgIpc) is 2.13. The van der Waals surface area contributed by atoms with E-state index >= 15 is 0 Å². The topological polar surface area (TPSA) is 54.4 Å². The van der Waals surface area contributed by atoms with Gasteiger partial charge in [0.25, 0.3) is 0 Å². The summed E-state index contributed by atoms with van der Waals surface area (Å²) in [7, 11) is 0. The highest BCUT2D eigenvalue weighted by Crippen LogP contribution is 2.28. The van der Waals surface area contributed by atoms with Crippen LogP contribution in [0.4, 0.5) is 0 Å². The number of thioether (sulfide) groups is 1. The molecule has 1 unspecified atom stereocenters. The van der Waals surface area contributed by atoms with Gasteiger partial charge in [-0.1, -0.05) is 20.8 Å². The molecule has 0 aromatic heterocycles. The molecule has 0 spiro atoms. The van der Waals surface area contributed by atoms with Gasteiger partial charge in [-0.3, -0.25) is 9.59 Å². The summed E-state index contributed by atoms with van der Waals surface area (Å²) in [4.78, 5) is 22.9. The molecule has 0 radical (unpaired) electrons. The third kappa shape index (κ3) is 4.24. The van der Waals surface area contributed by atoms with E-state index in [1.54, 1.807) is 0 Å². The fourth-order valence-corrected chi connectivity index (χ4v) is 2.17. The predicted molar refractivity (Wildman–Crippen MR) is 63.3 cm³/mol. The first-order chi connectivity index (χ1) is 6.84. The highest BCUT2D eigenvalue weighted by Gasteiger charge is 2.40. The monoisotopic (exact) mass is 232 g/mol. The van der Waals surface area contributed by atoms with Crippen LogP contribution in [0, 0.1) is 5.92 Å². The Bertz CT molecular complexity index is 238. The zero-order valence-electron chi connectivity index (χ0n) is 9.87. The van der Waals surface area contributed by atoms with Gasteiger partial charge in [0.2, 0.25) is 0 Å². The van der Waals surface area contributed by atoms with Crippen molar-refractivity contribution in [2.24, 2.45) is 5.92 Å². The average molecular weight is 232 g/mol. The Morgan fingerprint density at radius 1 is 1.40 bits per heavy atom. The van der Waals surface area contributed by atoms with Crippen LogP contribution in [0.3, 0.4) is 0 Å². The van der Waals surface area contributed by atoms with Gasteiger partial charge in [-0.15, -0.1) is 11.8 Å². The van der Waals surface area contributed by atoms with E-state index in [2.05, 4.69) is 0 Å². The number of carboxylic acids is 1. The van der Waals surface area contributed by atoms with Crippen molar-refractivity contribution in [1.82, 2.24) is 0 Å². The van der Waals surface area contributed by atoms with Crippen LogP contribution in [0.2, 0.25) is 0 Å². The van der Waals surface area contributed by atoms with Gasteiger partial charge in [-0.2, -0.15) is 0 Å². The molecule has 0 fully saturated rings. The van der Waals surface area contributed by atoms with Crippen molar-refractivity contribution in [3.8, 4) is 0 Å². The molecule has 0 bridgehead atoms. The van der Waals surface area contributed by atoms with E-state index in [1.165, 1.54) is 18.7 Å². The predicted octanol–water partition coefficient (Wildman–Crippen LogP) is 2.59. The summed E-state index contributed by atoms with van der Waals surface area (Å²) in [5, 5.41) is 9.06. The number of rotatable bonds is 7. The number of carbonyl (C=O) groups is 2. The number of aliphatic carboxylic acids is 1. The van der Waals surface area contributed by atoms with Gasteiger partial charge in [-0.25, -0.2) is 0 Å². The van der Waals surface area contributed by atoms with E-state index in [0.717, 1.165) is 6.42 Å². The summed E-state index contributed by atoms with van der Waals surface area (Å²) in [5.41, 5.74) is 0. The van der Waals surface area contributed by atoms with Gasteiger partial charge in [0.15, 0.2) is 10.5 Å². The Labute approximate surface area is 95.6 Å². The van der Waals surface area contributed by atoms with Crippen LogP contribution in [0.5, 0.6) is 0 Å². The lowest BCUT2D eigenvalue weighted by atomic mass is 9.97. The number of hydrogen-bond donors (Lipinski definition) is 1. The van der Waals surface area contributed by atoms with Gasteiger partial charge < -0.3 is 5.11 Å². The molecular weight excluding hydrogens is 212 g/mol. The van der Waals surface area contributed by atoms with Gasteiger partial charge in [0.1, 0.15) is 0 Å². The first-order valence-electron chi connectivity index (χ1n) is 5.25. The van der Waals surface area contributed by atoms with Crippen molar-refractivity contribution in [2.75, 3.05) is 5.75 Å². The summed E-state index contributed by atoms with van der Waals surface area (Å²) >= 11 is 1.20. The van der Waals surface area contributed by atoms with Gasteiger partial charge in [-0.05, 0) is 25.0 Å². The molecular formula is C11H20O3S. The molecule has 0 saturated heterocycles. The number of ketones is 1. The fraction of sp³-hybridized carbons (Fsp3) is 0.818. The van der Waals surface area contributed by atoms with Crippen molar-refractivity contribution in [3.05, 3.63) is 0 Å². The molecule has 0 heterocycles. The Kier molecular flexibility index (Phi) is 5.95. The lowest BCUT2D eigenvalue weighted by molar-refractivity contribution is -0.143. The second-order valence-corrected chi connectivity index (χ2v) is 5.81. The molecule has 1 atom stereocenters. The summed E-state index contributed by atoms with van der Waals surface area (Å²) in [6.07, 6.45) is 1.11. The minimum absolute atomic E-state index is 0.171. The maximum atomic E-state index is 11.8. The van der Waals surface area contributed by atoms with Crippen LogP contribution >= 0.6 is 11.8 Å². The SMILES string of the molecule is CCSC(C)(C(=O)O)C(=O)CCC(C)C. The quantitative estimate of drug-likeness (QED) is 0.685. The van der Waals surface area contributed by atoms with E-state index in [-0.39, 0.29) is 5.78 Å². The smallest absolute Gasteiger partial charge is 0.327 e. The normalized spacial score (nSPS) is 15.0. The van der Waals surface area contributed by atoms with Crippen LogP contribution in [-0.4, -0.2) is 27.4 Å². The molecule has 88 valence electrons. The molecule has 0 amide bonds. The molecule has 15 heavy (non-hydrogen) atoms. The molecule has 0 aliphatic heterocycles. The van der Waals surface area contributed by atoms with E-state index in [0.29, 0.717) is 18.1 Å². The van der Waals surface area contributed by atoms with Crippen molar-refractivity contribution >= 4 is 23.5 Å². The molecule has 1 N–H and O–H groups in total. The van der Waals surface area contributed by atoms with Gasteiger partial charge in [0, 0.05) is 6.42 Å². The van der Waals surface area contributed by atoms with E-state index in [1.807, 2.05) is 20.8 Å². The molecule has 4 heteroatoms. The lowest BCUT2D eigenvalue weighted by Gasteiger charge is -2.22. The lowest BCUT2D eigenvalue weighted by Crippen LogP contribution is -2.40. The van der Waals surface area contributed by atoms with Crippen LogP contribution in [-0.2, 0) is 9.59 Å². The molecule has 0 aromatic carbocycles. The van der Waals surface area contributed by atoms with Crippen molar-refractivity contribution in [3.63, 3.8) is 0 Å². The first-order valence-corrected chi connectivity index (χ1v) is 6.23. The Hall–Kier alpha value is -0.510. The van der Waals surface area contributed by atoms with Crippen LogP contribution < -0.4 is 0 Å². The van der Waals surface area contributed by atoms with Crippen LogP contribution in [0.25, 0.3) is 0 Å². The number of carboxylic acid groups (broad SMARTS) is 1. The number of carbonyl (C=O) groups excluding carboxylic acids is 1. The highest BCUT2D eigenvalue weighted by atomic mass is 32.2. The van der Waals surface area contributed by atoms with Crippen molar-refractivity contribution in [2.45, 2.75) is 45.3 Å². The van der Waals surface area contributed by atoms with E-state index < -0.39 is 10.7 Å². The second kappa shape index (κ2) is 6.16. The molecule has 0 aliphatic rings. The van der Waals surface area contributed by atoms with Gasteiger partial charge in [0.05, 0.1) is 0 Å². The fourth-order valence-electron chi connectivity index (χ4n) is 1.21. The molecule has 3 nitrogen and oxygen atoms in total. The maximum Gasteiger partial charge on any atom is 0.327 e. The zero-order valence-corrected chi connectivity index (χ0v) is 10.7. The Balaban J connectivity index is 4.49. The second-order valence-electron chi connectivity index (χ2n) is 4.13. The highest BCUT2D eigenvalue weighted by molar-refractivity contribution is 8.02. The number of Topliss-reactive ketones (excluding diaryl/α,β-unsaturated/α-hetero) is 1. The van der Waals surface area contributed by atoms with Gasteiger partial charge >= 0.3 is 5.97 Å². The molecule has 0 aliphatic carbocycles. The Morgan fingerprint density at radius 3 is 2.27 bits per heavy atom. The minimum atomic E-state index is -1.26. The largest absolute Gasteiger partial charge is 0.480 e. The summed E-state index contributed by atoms with van der Waals surface area (Å²) < 4.78 is -1.26. The molecule has 0 aromatic rings. The standard InChI is InChI=1S/C11H20O3S/c1-5-15-11(4,10(13)14)9(12)7-6-8(2)3/h8H,5-7H2,1-4H3,(H,13,14).